The molecule has 0 saturated carbocycles. The van der Waals surface area contributed by atoms with E-state index in [1.165, 1.54) is 5.94 Å². The number of nitrogen functional groups attached to an aromatic ring is 1. The average molecular weight is 185 g/mol. The molecule has 0 unspecified atom stereocenters. The first-order valence-electron chi connectivity index (χ1n) is 3.11. The fraction of sp³-hybridized carbons (Fsp3) is 0. The number of hydrogen-bond donors (Lipinski definition) is 2. The monoisotopic (exact) mass is 184 g/mol. The first kappa shape index (κ1) is 10.7. The Bertz CT molecular complexity index is 252. The number of halogens is 1. The number of rotatable bonds is 1. The van der Waals surface area contributed by atoms with E-state index in [9.17, 15) is 0 Å². The quantitative estimate of drug-likeness (QED) is 0.396. The van der Waals surface area contributed by atoms with Gasteiger partial charge in [-0.1, -0.05) is 11.6 Å². The Morgan fingerprint density at radius 2 is 1.83 bits per heavy atom. The molecular weight excluding hydrogens is 176 g/mol. The number of nitrogens with two attached hydrogens (primary N) is 1. The van der Waals surface area contributed by atoms with Crippen molar-refractivity contribution in [3.05, 3.63) is 35.9 Å². The maximum atomic E-state index is 8.57. The van der Waals surface area contributed by atoms with Crippen LogP contribution in [-0.2, 0) is 4.79 Å². The molecule has 12 heavy (non-hydrogen) atoms. The third-order valence-corrected chi connectivity index (χ3v) is 1.26. The molecule has 0 spiro atoms. The molecule has 0 atom stereocenters. The van der Waals surface area contributed by atoms with E-state index in [1.807, 2.05) is 12.1 Å². The third kappa shape index (κ3) is 4.52. The predicted octanol–water partition coefficient (Wildman–Crippen LogP) is 1.63. The molecule has 64 valence electrons. The molecule has 0 fully saturated rings. The van der Waals surface area contributed by atoms with Crippen molar-refractivity contribution in [2.75, 3.05) is 5.43 Å². The predicted molar refractivity (Wildman–Crippen MR) is 50.6 cm³/mol. The van der Waals surface area contributed by atoms with E-state index < -0.39 is 0 Å². The highest BCUT2D eigenvalue weighted by atomic mass is 35.5. The average Bonchev–Trinajstić information content (AvgIpc) is 2.07. The molecule has 0 aliphatic rings. The van der Waals surface area contributed by atoms with Crippen molar-refractivity contribution in [3.63, 3.8) is 0 Å². The highest BCUT2D eigenvalue weighted by Gasteiger charge is 1.85. The van der Waals surface area contributed by atoms with Gasteiger partial charge in [0.05, 0.1) is 0 Å². The molecule has 0 heterocycles. The van der Waals surface area contributed by atoms with Crippen LogP contribution in [0.4, 0.5) is 5.69 Å². The zero-order valence-corrected chi connectivity index (χ0v) is 7.14. The van der Waals surface area contributed by atoms with Crippen molar-refractivity contribution < 1.29 is 4.79 Å². The Kier molecular flexibility index (Phi) is 5.75. The summed E-state index contributed by atoms with van der Waals surface area (Å²) >= 11 is 5.60. The normalized spacial score (nSPS) is 7.50. The SMILES string of the molecule is C=C=O.NNc1ccc(Cl)cc1. The van der Waals surface area contributed by atoms with Crippen LogP contribution in [0.1, 0.15) is 0 Å². The molecule has 3 N–H and O–H groups in total. The lowest BCUT2D eigenvalue weighted by Gasteiger charge is -1.96. The third-order valence-electron chi connectivity index (χ3n) is 1.01. The molecular formula is C8H9ClN2O. The van der Waals surface area contributed by atoms with E-state index >= 15 is 0 Å². The van der Waals surface area contributed by atoms with E-state index in [1.54, 1.807) is 12.1 Å². The maximum Gasteiger partial charge on any atom is 0.116 e. The van der Waals surface area contributed by atoms with Gasteiger partial charge in [0, 0.05) is 10.7 Å². The molecule has 0 aromatic heterocycles. The van der Waals surface area contributed by atoms with Crippen molar-refractivity contribution >= 4 is 23.2 Å². The molecule has 0 radical (unpaired) electrons. The largest absolute Gasteiger partial charge is 0.324 e. The molecule has 3 nitrogen and oxygen atoms in total. The fourth-order valence-electron chi connectivity index (χ4n) is 0.546. The number of hydrogen-bond acceptors (Lipinski definition) is 3. The summed E-state index contributed by atoms with van der Waals surface area (Å²) in [5.74, 6) is 6.36. The van der Waals surface area contributed by atoms with Gasteiger partial charge in [0.25, 0.3) is 0 Å². The molecule has 1 aromatic carbocycles. The van der Waals surface area contributed by atoms with Crippen LogP contribution in [0, 0.1) is 0 Å². The number of carbonyl (C=O) groups excluding carboxylic acids is 1. The minimum absolute atomic E-state index is 0.717. The second-order valence-electron chi connectivity index (χ2n) is 1.80. The number of benzene rings is 1. The highest BCUT2D eigenvalue weighted by Crippen LogP contribution is 2.11. The molecule has 1 aromatic rings. The lowest BCUT2D eigenvalue weighted by atomic mass is 10.3. The summed E-state index contributed by atoms with van der Waals surface area (Å²) in [7, 11) is 0. The number of hydrazine groups is 1. The summed E-state index contributed by atoms with van der Waals surface area (Å²) in [5.41, 5.74) is 3.36. The van der Waals surface area contributed by atoms with Gasteiger partial charge in [0.1, 0.15) is 5.94 Å². The summed E-state index contributed by atoms with van der Waals surface area (Å²) in [6.07, 6.45) is 0. The van der Waals surface area contributed by atoms with Gasteiger partial charge in [0.15, 0.2) is 0 Å². The minimum atomic E-state index is 0.717. The Balaban J connectivity index is 0.000000354. The Hall–Kier alpha value is -1.28. The van der Waals surface area contributed by atoms with Gasteiger partial charge in [-0.25, -0.2) is 4.79 Å². The van der Waals surface area contributed by atoms with Gasteiger partial charge in [-0.2, -0.15) is 0 Å². The summed E-state index contributed by atoms with van der Waals surface area (Å²) in [6.45, 7) is 2.68. The minimum Gasteiger partial charge on any atom is -0.324 e. The van der Waals surface area contributed by atoms with Crippen LogP contribution in [0.3, 0.4) is 0 Å². The maximum absolute atomic E-state index is 8.57. The van der Waals surface area contributed by atoms with Crippen LogP contribution in [0.15, 0.2) is 30.8 Å². The lowest BCUT2D eigenvalue weighted by molar-refractivity contribution is 0.569. The molecule has 0 amide bonds. The molecule has 0 aliphatic carbocycles. The van der Waals surface area contributed by atoms with Crippen molar-refractivity contribution in [3.8, 4) is 0 Å². The molecule has 0 saturated heterocycles. The second kappa shape index (κ2) is 6.43. The molecule has 1 rings (SSSR count). The highest BCUT2D eigenvalue weighted by molar-refractivity contribution is 6.30. The number of nitrogens with one attached hydrogen (secondary N) is 1. The van der Waals surface area contributed by atoms with Gasteiger partial charge in [-0.3, -0.25) is 5.84 Å². The topological polar surface area (TPSA) is 55.1 Å². The van der Waals surface area contributed by atoms with Crippen molar-refractivity contribution in [1.82, 2.24) is 0 Å². The Labute approximate surface area is 75.8 Å². The van der Waals surface area contributed by atoms with E-state index in [0.717, 1.165) is 5.69 Å². The van der Waals surface area contributed by atoms with Gasteiger partial charge in [-0.05, 0) is 30.8 Å². The fourth-order valence-corrected chi connectivity index (χ4v) is 0.672. The van der Waals surface area contributed by atoms with Crippen molar-refractivity contribution in [1.29, 1.82) is 0 Å². The van der Waals surface area contributed by atoms with Gasteiger partial charge in [0.2, 0.25) is 0 Å². The summed E-state index contributed by atoms with van der Waals surface area (Å²) < 4.78 is 0. The van der Waals surface area contributed by atoms with Crippen molar-refractivity contribution in [2.45, 2.75) is 0 Å². The van der Waals surface area contributed by atoms with Crippen LogP contribution in [0.25, 0.3) is 0 Å². The van der Waals surface area contributed by atoms with Crippen molar-refractivity contribution in [2.24, 2.45) is 5.84 Å². The molecule has 4 heteroatoms. The first-order valence-corrected chi connectivity index (χ1v) is 3.48. The van der Waals surface area contributed by atoms with E-state index in [2.05, 4.69) is 12.0 Å². The second-order valence-corrected chi connectivity index (χ2v) is 2.23. The van der Waals surface area contributed by atoms with Gasteiger partial charge >= 0.3 is 0 Å². The van der Waals surface area contributed by atoms with E-state index in [-0.39, 0.29) is 0 Å². The summed E-state index contributed by atoms with van der Waals surface area (Å²) in [4.78, 5) is 8.57. The van der Waals surface area contributed by atoms with Gasteiger partial charge < -0.3 is 5.43 Å². The zero-order chi connectivity index (χ0) is 9.40. The van der Waals surface area contributed by atoms with E-state index in [0.29, 0.717) is 5.02 Å². The van der Waals surface area contributed by atoms with Crippen LogP contribution in [-0.4, -0.2) is 5.94 Å². The number of anilines is 1. The molecule has 0 aliphatic heterocycles. The Morgan fingerprint density at radius 3 is 2.17 bits per heavy atom. The summed E-state index contributed by atoms with van der Waals surface area (Å²) in [5, 5.41) is 0.717. The first-order chi connectivity index (χ1) is 5.74. The lowest BCUT2D eigenvalue weighted by Crippen LogP contribution is -2.05. The van der Waals surface area contributed by atoms with E-state index in [4.69, 9.17) is 22.2 Å². The Morgan fingerprint density at radius 1 is 1.42 bits per heavy atom. The van der Waals surface area contributed by atoms with Crippen LogP contribution in [0.5, 0.6) is 0 Å². The zero-order valence-electron chi connectivity index (χ0n) is 6.38. The molecule has 0 bridgehead atoms. The van der Waals surface area contributed by atoms with Gasteiger partial charge in [-0.15, -0.1) is 0 Å². The smallest absolute Gasteiger partial charge is 0.116 e. The summed E-state index contributed by atoms with van der Waals surface area (Å²) in [6, 6.07) is 7.16. The van der Waals surface area contributed by atoms with Crippen LogP contribution in [0.2, 0.25) is 5.02 Å². The van der Waals surface area contributed by atoms with Crippen LogP contribution < -0.4 is 11.3 Å². The standard InChI is InChI=1S/C6H7ClN2.C2H2O/c7-5-1-3-6(9-8)4-2-5;1-2-3/h1-4,9H,8H2;1H2. The van der Waals surface area contributed by atoms with Crippen LogP contribution >= 0.6 is 11.6 Å².